The van der Waals surface area contributed by atoms with Crippen LogP contribution in [0, 0.1) is 5.92 Å². The Labute approximate surface area is 146 Å². The summed E-state index contributed by atoms with van der Waals surface area (Å²) >= 11 is 0. The third kappa shape index (κ3) is 3.45. The molecule has 7 nitrogen and oxygen atoms in total. The lowest BCUT2D eigenvalue weighted by Crippen LogP contribution is -2.50. The van der Waals surface area contributed by atoms with Crippen molar-refractivity contribution in [2.24, 2.45) is 5.92 Å². The van der Waals surface area contributed by atoms with Crippen molar-refractivity contribution >= 4 is 23.5 Å². The van der Waals surface area contributed by atoms with Crippen LogP contribution in [0.25, 0.3) is 0 Å². The molecule has 2 amide bonds. The van der Waals surface area contributed by atoms with Crippen molar-refractivity contribution in [3.63, 3.8) is 0 Å². The number of rotatable bonds is 3. The van der Waals surface area contributed by atoms with E-state index in [0.29, 0.717) is 30.4 Å². The normalized spacial score (nSPS) is 20.9. The van der Waals surface area contributed by atoms with E-state index in [0.717, 1.165) is 12.8 Å². The molecule has 0 aromatic heterocycles. The SMILES string of the molecule is CC1CCN(C(=O)CN2C(=O)C(C)Oc3ccc(C(=O)O)cc32)CC1. The molecule has 25 heavy (non-hydrogen) atoms. The van der Waals surface area contributed by atoms with Crippen molar-refractivity contribution in [3.8, 4) is 5.75 Å². The molecule has 0 spiro atoms. The number of amides is 2. The van der Waals surface area contributed by atoms with Crippen molar-refractivity contribution < 1.29 is 24.2 Å². The zero-order chi connectivity index (χ0) is 18.1. The Kier molecular flexibility index (Phi) is 4.65. The Morgan fingerprint density at radius 1 is 1.24 bits per heavy atom. The standard InChI is InChI=1S/C18H22N2O5/c1-11-5-7-19(8-6-11)16(21)10-20-14-9-13(18(23)24)3-4-15(14)25-12(2)17(20)22/h3-4,9,11-12H,5-8,10H2,1-2H3,(H,23,24). The van der Waals surface area contributed by atoms with Gasteiger partial charge in [0.1, 0.15) is 12.3 Å². The van der Waals surface area contributed by atoms with Gasteiger partial charge in [0.25, 0.3) is 5.91 Å². The summed E-state index contributed by atoms with van der Waals surface area (Å²) in [5.41, 5.74) is 0.385. The monoisotopic (exact) mass is 346 g/mol. The first kappa shape index (κ1) is 17.3. The number of likely N-dealkylation sites (tertiary alicyclic amines) is 1. The average molecular weight is 346 g/mol. The number of aromatic carboxylic acids is 1. The van der Waals surface area contributed by atoms with Gasteiger partial charge in [-0.3, -0.25) is 14.5 Å². The van der Waals surface area contributed by atoms with E-state index < -0.39 is 12.1 Å². The minimum Gasteiger partial charge on any atom is -0.479 e. The first-order chi connectivity index (χ1) is 11.9. The van der Waals surface area contributed by atoms with Gasteiger partial charge in [0.05, 0.1) is 11.3 Å². The fraction of sp³-hybridized carbons (Fsp3) is 0.500. The van der Waals surface area contributed by atoms with Gasteiger partial charge in [-0.1, -0.05) is 6.92 Å². The molecule has 2 aliphatic rings. The van der Waals surface area contributed by atoms with Crippen LogP contribution in [-0.4, -0.2) is 53.5 Å². The number of benzene rings is 1. The van der Waals surface area contributed by atoms with Crippen LogP contribution in [0.1, 0.15) is 37.0 Å². The Bertz CT molecular complexity index is 709. The van der Waals surface area contributed by atoms with E-state index >= 15 is 0 Å². The smallest absolute Gasteiger partial charge is 0.335 e. The lowest BCUT2D eigenvalue weighted by Gasteiger charge is -2.35. The molecule has 2 aliphatic heterocycles. The summed E-state index contributed by atoms with van der Waals surface area (Å²) < 4.78 is 5.54. The second kappa shape index (κ2) is 6.74. The van der Waals surface area contributed by atoms with Crippen molar-refractivity contribution in [2.75, 3.05) is 24.5 Å². The number of hydrogen-bond donors (Lipinski definition) is 1. The fourth-order valence-electron chi connectivity index (χ4n) is 3.20. The third-order valence-electron chi connectivity index (χ3n) is 4.84. The van der Waals surface area contributed by atoms with Crippen molar-refractivity contribution in [1.29, 1.82) is 0 Å². The Balaban J connectivity index is 1.84. The van der Waals surface area contributed by atoms with Crippen LogP contribution < -0.4 is 9.64 Å². The highest BCUT2D eigenvalue weighted by atomic mass is 16.5. The van der Waals surface area contributed by atoms with Crippen molar-refractivity contribution in [3.05, 3.63) is 23.8 Å². The summed E-state index contributed by atoms with van der Waals surface area (Å²) in [6.45, 7) is 5.07. The Morgan fingerprint density at radius 2 is 1.92 bits per heavy atom. The summed E-state index contributed by atoms with van der Waals surface area (Å²) in [7, 11) is 0. The van der Waals surface area contributed by atoms with Gasteiger partial charge in [-0.15, -0.1) is 0 Å². The highest BCUT2D eigenvalue weighted by molar-refractivity contribution is 6.04. The van der Waals surface area contributed by atoms with Crippen LogP contribution >= 0.6 is 0 Å². The number of nitrogens with zero attached hydrogens (tertiary/aromatic N) is 2. The number of piperidine rings is 1. The molecule has 1 atom stereocenters. The quantitative estimate of drug-likeness (QED) is 0.901. The number of carboxylic acids is 1. The molecule has 2 heterocycles. The minimum atomic E-state index is -1.09. The highest BCUT2D eigenvalue weighted by Crippen LogP contribution is 2.35. The summed E-state index contributed by atoms with van der Waals surface area (Å²) in [5.74, 6) is -0.537. The molecule has 0 radical (unpaired) electrons. The fourth-order valence-corrected chi connectivity index (χ4v) is 3.20. The average Bonchev–Trinajstić information content (AvgIpc) is 2.59. The van der Waals surface area contributed by atoms with Crippen molar-refractivity contribution in [1.82, 2.24) is 4.90 Å². The van der Waals surface area contributed by atoms with Gasteiger partial charge >= 0.3 is 5.97 Å². The molecular formula is C18H22N2O5. The molecular weight excluding hydrogens is 324 g/mol. The van der Waals surface area contributed by atoms with E-state index in [1.54, 1.807) is 11.8 Å². The lowest BCUT2D eigenvalue weighted by atomic mass is 9.99. The molecule has 1 aromatic carbocycles. The van der Waals surface area contributed by atoms with E-state index in [9.17, 15) is 19.5 Å². The van der Waals surface area contributed by atoms with E-state index in [1.165, 1.54) is 23.1 Å². The van der Waals surface area contributed by atoms with Gasteiger partial charge in [-0.25, -0.2) is 4.79 Å². The van der Waals surface area contributed by atoms with Gasteiger partial charge < -0.3 is 14.7 Å². The predicted octanol–water partition coefficient (Wildman–Crippen LogP) is 1.76. The first-order valence-electron chi connectivity index (χ1n) is 8.50. The number of anilines is 1. The molecule has 1 unspecified atom stereocenters. The third-order valence-corrected chi connectivity index (χ3v) is 4.84. The molecule has 1 saturated heterocycles. The predicted molar refractivity (Wildman–Crippen MR) is 90.8 cm³/mol. The molecule has 0 aliphatic carbocycles. The Hall–Kier alpha value is -2.57. The van der Waals surface area contributed by atoms with Crippen LogP contribution in [0.15, 0.2) is 18.2 Å². The van der Waals surface area contributed by atoms with Crippen LogP contribution in [0.2, 0.25) is 0 Å². The van der Waals surface area contributed by atoms with Gasteiger partial charge in [-0.2, -0.15) is 0 Å². The van der Waals surface area contributed by atoms with E-state index in [4.69, 9.17) is 4.74 Å². The summed E-state index contributed by atoms with van der Waals surface area (Å²) in [4.78, 5) is 39.5. The highest BCUT2D eigenvalue weighted by Gasteiger charge is 2.34. The molecule has 3 rings (SSSR count). The summed E-state index contributed by atoms with van der Waals surface area (Å²) in [6.07, 6.45) is 1.20. The summed E-state index contributed by atoms with van der Waals surface area (Å²) in [6, 6.07) is 4.34. The minimum absolute atomic E-state index is 0.0500. The second-order valence-electron chi connectivity index (χ2n) is 6.74. The molecule has 134 valence electrons. The van der Waals surface area contributed by atoms with Crippen LogP contribution in [-0.2, 0) is 9.59 Å². The van der Waals surface area contributed by atoms with E-state index in [2.05, 4.69) is 6.92 Å². The van der Waals surface area contributed by atoms with Crippen LogP contribution in [0.5, 0.6) is 5.75 Å². The molecule has 1 fully saturated rings. The molecule has 7 heteroatoms. The number of carbonyl (C=O) groups is 3. The number of hydrogen-bond acceptors (Lipinski definition) is 4. The molecule has 0 saturated carbocycles. The maximum Gasteiger partial charge on any atom is 0.335 e. The van der Waals surface area contributed by atoms with E-state index in [-0.39, 0.29) is 23.9 Å². The van der Waals surface area contributed by atoms with E-state index in [1.807, 2.05) is 0 Å². The van der Waals surface area contributed by atoms with Gasteiger partial charge in [-0.05, 0) is 43.9 Å². The topological polar surface area (TPSA) is 87.2 Å². The van der Waals surface area contributed by atoms with Gasteiger partial charge in [0.2, 0.25) is 5.91 Å². The largest absolute Gasteiger partial charge is 0.479 e. The molecule has 1 N–H and O–H groups in total. The molecule has 0 bridgehead atoms. The molecule has 1 aromatic rings. The van der Waals surface area contributed by atoms with Crippen LogP contribution in [0.4, 0.5) is 5.69 Å². The number of carbonyl (C=O) groups excluding carboxylic acids is 2. The van der Waals surface area contributed by atoms with Crippen LogP contribution in [0.3, 0.4) is 0 Å². The van der Waals surface area contributed by atoms with Crippen molar-refractivity contribution in [2.45, 2.75) is 32.8 Å². The first-order valence-corrected chi connectivity index (χ1v) is 8.50. The number of ether oxygens (including phenoxy) is 1. The Morgan fingerprint density at radius 3 is 2.56 bits per heavy atom. The van der Waals surface area contributed by atoms with Gasteiger partial charge in [0, 0.05) is 13.1 Å². The second-order valence-corrected chi connectivity index (χ2v) is 6.74. The maximum atomic E-state index is 12.6. The zero-order valence-corrected chi connectivity index (χ0v) is 14.4. The number of carboxylic acid groups (broad SMARTS) is 1. The maximum absolute atomic E-state index is 12.6. The van der Waals surface area contributed by atoms with Gasteiger partial charge in [0.15, 0.2) is 6.10 Å². The number of fused-ring (bicyclic) bond motifs is 1. The lowest BCUT2D eigenvalue weighted by molar-refractivity contribution is -0.134. The zero-order valence-electron chi connectivity index (χ0n) is 14.4. The summed E-state index contributed by atoms with van der Waals surface area (Å²) in [5, 5.41) is 9.18.